The Labute approximate surface area is 194 Å². The molecule has 1 saturated carbocycles. The fourth-order valence-electron chi connectivity index (χ4n) is 4.27. The van der Waals surface area contributed by atoms with Crippen molar-refractivity contribution in [2.24, 2.45) is 5.92 Å². The molecule has 2 aliphatic carbocycles. The lowest BCUT2D eigenvalue weighted by molar-refractivity contribution is -0.150. The summed E-state index contributed by atoms with van der Waals surface area (Å²) < 4.78 is 35.0. The maximum Gasteiger partial charge on any atom is 0.407 e. The average molecular weight is 470 g/mol. The first kappa shape index (κ1) is 23.4. The molecular weight excluding hydrogens is 446 g/mol. The molecule has 7 nitrogen and oxygen atoms in total. The van der Waals surface area contributed by atoms with Gasteiger partial charge < -0.3 is 20.5 Å². The van der Waals surface area contributed by atoms with E-state index in [0.29, 0.717) is 12.8 Å². The number of fused-ring (bicyclic) bond motifs is 3. The van der Waals surface area contributed by atoms with Gasteiger partial charge >= 0.3 is 18.0 Å². The van der Waals surface area contributed by atoms with Crippen molar-refractivity contribution in [2.75, 3.05) is 13.2 Å². The Morgan fingerprint density at radius 3 is 2.21 bits per heavy atom. The molecule has 2 aliphatic rings. The van der Waals surface area contributed by atoms with Gasteiger partial charge in [-0.1, -0.05) is 54.6 Å². The number of benzene rings is 2. The van der Waals surface area contributed by atoms with Gasteiger partial charge in [-0.3, -0.25) is 4.79 Å². The zero-order chi connectivity index (χ0) is 24.3. The lowest BCUT2D eigenvalue weighted by Gasteiger charge is -2.26. The van der Waals surface area contributed by atoms with Crippen LogP contribution in [0.15, 0.2) is 60.7 Å². The number of hydrogen-bond donors (Lipinski definition) is 3. The molecule has 0 radical (unpaired) electrons. The minimum Gasteiger partial charge on any atom is -0.478 e. The number of alkyl halides is 2. The minimum absolute atomic E-state index is 0.0327. The summed E-state index contributed by atoms with van der Waals surface area (Å²) in [7, 11) is 0. The molecule has 1 atom stereocenters. The topological polar surface area (TPSA) is 105 Å². The van der Waals surface area contributed by atoms with Crippen molar-refractivity contribution in [3.8, 4) is 11.1 Å². The van der Waals surface area contributed by atoms with E-state index < -0.39 is 35.9 Å². The van der Waals surface area contributed by atoms with Crippen molar-refractivity contribution in [1.29, 1.82) is 0 Å². The molecule has 0 bridgehead atoms. The molecule has 2 amide bonds. The summed E-state index contributed by atoms with van der Waals surface area (Å²) in [6.07, 6.45) is 1.68. The molecule has 178 valence electrons. The molecule has 2 aromatic rings. The summed E-state index contributed by atoms with van der Waals surface area (Å²) in [6.45, 7) is -0.405. The number of rotatable bonds is 9. The van der Waals surface area contributed by atoms with Crippen LogP contribution in [0.2, 0.25) is 0 Å². The fourth-order valence-corrected chi connectivity index (χ4v) is 4.27. The van der Waals surface area contributed by atoms with Gasteiger partial charge in [0.15, 0.2) is 0 Å². The van der Waals surface area contributed by atoms with Gasteiger partial charge in [0.25, 0.3) is 5.91 Å². The number of carboxylic acid groups (broad SMARTS) is 1. The first-order valence-electron chi connectivity index (χ1n) is 11.0. The third kappa shape index (κ3) is 4.93. The van der Waals surface area contributed by atoms with Crippen molar-refractivity contribution in [2.45, 2.75) is 30.7 Å². The largest absolute Gasteiger partial charge is 0.478 e. The second kappa shape index (κ2) is 9.62. The van der Waals surface area contributed by atoms with Crippen LogP contribution in [0, 0.1) is 5.92 Å². The Bertz CT molecular complexity index is 1080. The number of nitrogens with one attached hydrogen (secondary N) is 2. The lowest BCUT2D eigenvalue weighted by atomic mass is 9.98. The van der Waals surface area contributed by atoms with Gasteiger partial charge in [0, 0.05) is 18.5 Å². The van der Waals surface area contributed by atoms with E-state index >= 15 is 0 Å². The van der Waals surface area contributed by atoms with E-state index in [2.05, 4.69) is 5.32 Å². The van der Waals surface area contributed by atoms with Crippen LogP contribution in [0.1, 0.15) is 29.9 Å². The number of aliphatic carboxylic acids is 1. The average Bonchev–Trinajstić information content (AvgIpc) is 3.61. The molecule has 0 spiro atoms. The van der Waals surface area contributed by atoms with E-state index in [4.69, 9.17) is 9.84 Å². The van der Waals surface area contributed by atoms with E-state index in [1.165, 1.54) is 0 Å². The Morgan fingerprint density at radius 1 is 1.06 bits per heavy atom. The maximum atomic E-state index is 14.8. The van der Waals surface area contributed by atoms with Crippen LogP contribution in [0.3, 0.4) is 0 Å². The first-order valence-corrected chi connectivity index (χ1v) is 11.0. The molecule has 3 N–H and O–H groups in total. The Balaban J connectivity index is 1.39. The van der Waals surface area contributed by atoms with Crippen LogP contribution in [0.5, 0.6) is 0 Å². The molecule has 0 saturated heterocycles. The number of ether oxygens (including phenoxy) is 1. The molecule has 0 heterocycles. The fraction of sp³-hybridized carbons (Fsp3) is 0.320. The number of amides is 2. The van der Waals surface area contributed by atoms with Gasteiger partial charge in [-0.2, -0.15) is 8.78 Å². The van der Waals surface area contributed by atoms with E-state index in [1.807, 2.05) is 53.8 Å². The Hall–Kier alpha value is -3.75. The van der Waals surface area contributed by atoms with Crippen molar-refractivity contribution in [3.05, 3.63) is 71.8 Å². The highest BCUT2D eigenvalue weighted by Gasteiger charge is 2.54. The van der Waals surface area contributed by atoms with Crippen LogP contribution in [-0.2, 0) is 14.3 Å². The molecule has 0 aliphatic heterocycles. The van der Waals surface area contributed by atoms with Crippen LogP contribution in [0.4, 0.5) is 13.6 Å². The van der Waals surface area contributed by atoms with Gasteiger partial charge in [0.05, 0.1) is 0 Å². The summed E-state index contributed by atoms with van der Waals surface area (Å²) >= 11 is 0. The summed E-state index contributed by atoms with van der Waals surface area (Å²) in [5, 5.41) is 12.7. The standard InChI is InChI=1S/C25H24F2N2O5/c26-25(27,23(32)28-13-5-10-21(30)31)22(15-11-12-15)29-24(33)34-14-20-18-8-3-1-6-16(18)17-7-2-4-9-19(17)20/h1-10,15,20,22H,11-14H2,(H,28,32)(H,29,33)(H,30,31)/b10-5+. The molecule has 2 aromatic carbocycles. The van der Waals surface area contributed by atoms with E-state index in [1.54, 1.807) is 0 Å². The second-order valence-corrected chi connectivity index (χ2v) is 8.36. The number of hydrogen-bond acceptors (Lipinski definition) is 4. The van der Waals surface area contributed by atoms with Crippen molar-refractivity contribution in [3.63, 3.8) is 0 Å². The van der Waals surface area contributed by atoms with E-state index in [9.17, 15) is 23.2 Å². The highest BCUT2D eigenvalue weighted by Crippen LogP contribution is 2.44. The quantitative estimate of drug-likeness (QED) is 0.485. The molecule has 0 aromatic heterocycles. The number of alkyl carbamates (subject to hydrolysis) is 1. The number of carbonyl (C=O) groups is 3. The van der Waals surface area contributed by atoms with E-state index in [-0.39, 0.29) is 19.1 Å². The Kier molecular flexibility index (Phi) is 6.63. The van der Waals surface area contributed by atoms with Crippen LogP contribution in [-0.4, -0.2) is 48.2 Å². The van der Waals surface area contributed by atoms with Crippen LogP contribution in [0.25, 0.3) is 11.1 Å². The molecule has 1 unspecified atom stereocenters. The molecule has 9 heteroatoms. The number of halogens is 2. The monoisotopic (exact) mass is 470 g/mol. The normalized spacial score (nSPS) is 15.9. The molecule has 4 rings (SSSR count). The molecular formula is C25H24F2N2O5. The summed E-state index contributed by atoms with van der Waals surface area (Å²) in [5.41, 5.74) is 4.08. The summed E-state index contributed by atoms with van der Waals surface area (Å²) in [5.74, 6) is -7.49. The number of carbonyl (C=O) groups excluding carboxylic acids is 2. The highest BCUT2D eigenvalue weighted by atomic mass is 19.3. The van der Waals surface area contributed by atoms with Gasteiger partial charge in [-0.15, -0.1) is 0 Å². The van der Waals surface area contributed by atoms with Crippen LogP contribution >= 0.6 is 0 Å². The second-order valence-electron chi connectivity index (χ2n) is 8.36. The SMILES string of the molecule is O=C(O)/C=C/CNC(=O)C(F)(F)C(NC(=O)OCC1c2ccccc2-c2ccccc21)C1CC1. The van der Waals surface area contributed by atoms with Crippen LogP contribution < -0.4 is 10.6 Å². The third-order valence-electron chi connectivity index (χ3n) is 6.04. The zero-order valence-electron chi connectivity index (χ0n) is 18.2. The predicted octanol–water partition coefficient (Wildman–Crippen LogP) is 3.70. The molecule has 34 heavy (non-hydrogen) atoms. The number of carboxylic acids is 1. The van der Waals surface area contributed by atoms with Gasteiger partial charge in [-0.25, -0.2) is 9.59 Å². The minimum atomic E-state index is -3.89. The maximum absolute atomic E-state index is 14.8. The third-order valence-corrected chi connectivity index (χ3v) is 6.04. The van der Waals surface area contributed by atoms with Crippen molar-refractivity contribution < 1.29 is 33.0 Å². The highest BCUT2D eigenvalue weighted by molar-refractivity contribution is 5.86. The molecule has 1 fully saturated rings. The predicted molar refractivity (Wildman–Crippen MR) is 119 cm³/mol. The van der Waals surface area contributed by atoms with E-state index in [0.717, 1.165) is 34.4 Å². The first-order chi connectivity index (χ1) is 16.3. The van der Waals surface area contributed by atoms with Crippen molar-refractivity contribution >= 4 is 18.0 Å². The van der Waals surface area contributed by atoms with Gasteiger partial charge in [0.2, 0.25) is 0 Å². The smallest absolute Gasteiger partial charge is 0.407 e. The summed E-state index contributed by atoms with van der Waals surface area (Å²) in [6, 6.07) is 13.8. The summed E-state index contributed by atoms with van der Waals surface area (Å²) in [4.78, 5) is 35.0. The van der Waals surface area contributed by atoms with Crippen molar-refractivity contribution in [1.82, 2.24) is 10.6 Å². The zero-order valence-corrected chi connectivity index (χ0v) is 18.2. The van der Waals surface area contributed by atoms with Gasteiger partial charge in [-0.05, 0) is 41.0 Å². The van der Waals surface area contributed by atoms with Gasteiger partial charge in [0.1, 0.15) is 12.6 Å². The lowest BCUT2D eigenvalue weighted by Crippen LogP contribution is -2.57. The Morgan fingerprint density at radius 2 is 1.65 bits per heavy atom.